The zero-order chi connectivity index (χ0) is 13.9. The van der Waals surface area contributed by atoms with E-state index < -0.39 is 0 Å². The van der Waals surface area contributed by atoms with E-state index in [9.17, 15) is 4.79 Å². The van der Waals surface area contributed by atoms with Crippen LogP contribution in [0.15, 0.2) is 29.6 Å². The third-order valence-corrected chi connectivity index (χ3v) is 4.79. The maximum atomic E-state index is 12.4. The fraction of sp³-hybridized carbons (Fsp3) is 0.312. The van der Waals surface area contributed by atoms with Crippen molar-refractivity contribution in [2.45, 2.75) is 26.4 Å². The summed E-state index contributed by atoms with van der Waals surface area (Å²) in [6.07, 6.45) is 0.928. The number of carbonyl (C=O) groups is 1. The maximum Gasteiger partial charge on any atom is 0.251 e. The van der Waals surface area contributed by atoms with Crippen LogP contribution in [0.3, 0.4) is 0 Å². The monoisotopic (exact) mass is 286 g/mol. The lowest BCUT2D eigenvalue weighted by atomic mass is 9.95. The van der Waals surface area contributed by atoms with Gasteiger partial charge >= 0.3 is 0 Å². The number of fused-ring (bicyclic) bond motifs is 1. The van der Waals surface area contributed by atoms with Crippen LogP contribution in [0.2, 0.25) is 0 Å². The van der Waals surface area contributed by atoms with Crippen molar-refractivity contribution < 1.29 is 4.79 Å². The second-order valence-electron chi connectivity index (χ2n) is 5.08. The molecule has 2 heterocycles. The zero-order valence-electron chi connectivity index (χ0n) is 11.5. The number of nitrogens with one attached hydrogen (secondary N) is 2. The minimum atomic E-state index is 0.0385. The van der Waals surface area contributed by atoms with Crippen LogP contribution in [0.25, 0.3) is 0 Å². The lowest BCUT2D eigenvalue weighted by Crippen LogP contribution is -2.29. The molecule has 0 unspecified atom stereocenters. The van der Waals surface area contributed by atoms with Gasteiger partial charge < -0.3 is 10.6 Å². The number of hydrogen-bond donors (Lipinski definition) is 2. The van der Waals surface area contributed by atoms with E-state index in [1.54, 1.807) is 11.3 Å². The molecule has 2 aromatic rings. The highest BCUT2D eigenvalue weighted by atomic mass is 32.1. The number of aryl methyl sites for hydroxylation is 1. The van der Waals surface area contributed by atoms with E-state index >= 15 is 0 Å². The van der Waals surface area contributed by atoms with Gasteiger partial charge in [0.15, 0.2) is 0 Å². The summed E-state index contributed by atoms with van der Waals surface area (Å²) in [4.78, 5) is 13.6. The summed E-state index contributed by atoms with van der Waals surface area (Å²) in [5.41, 5.74) is 4.52. The first kappa shape index (κ1) is 13.3. The molecule has 104 valence electrons. The molecule has 1 aliphatic heterocycles. The number of thiophene rings is 1. The number of rotatable bonds is 3. The van der Waals surface area contributed by atoms with Gasteiger partial charge in [0.2, 0.25) is 0 Å². The van der Waals surface area contributed by atoms with Crippen molar-refractivity contribution in [3.05, 3.63) is 56.8 Å². The number of carbonyl (C=O) groups excluding carboxylic acids is 1. The van der Waals surface area contributed by atoms with Gasteiger partial charge in [-0.15, -0.1) is 11.3 Å². The van der Waals surface area contributed by atoms with E-state index in [0.29, 0.717) is 6.54 Å². The van der Waals surface area contributed by atoms with E-state index in [2.05, 4.69) is 35.1 Å². The van der Waals surface area contributed by atoms with Gasteiger partial charge in [-0.05, 0) is 54.1 Å². The molecule has 0 aliphatic carbocycles. The van der Waals surface area contributed by atoms with Crippen LogP contribution in [0.4, 0.5) is 0 Å². The zero-order valence-corrected chi connectivity index (χ0v) is 12.3. The normalized spacial score (nSPS) is 13.8. The van der Waals surface area contributed by atoms with Crippen LogP contribution in [-0.4, -0.2) is 12.5 Å². The molecule has 0 spiro atoms. The highest BCUT2D eigenvalue weighted by Gasteiger charge is 2.17. The van der Waals surface area contributed by atoms with Crippen LogP contribution in [-0.2, 0) is 19.5 Å². The predicted octanol–water partition coefficient (Wildman–Crippen LogP) is 2.63. The molecule has 0 atom stereocenters. The standard InChI is InChI=1S/C16H18N2OS/c1-11-6-8-20-15(11)10-18-16(19)14-4-2-3-12-9-17-7-5-13(12)14/h2-4,6,8,17H,5,7,9-10H2,1H3,(H,18,19). The van der Waals surface area contributed by atoms with Crippen molar-refractivity contribution in [3.63, 3.8) is 0 Å². The molecule has 1 aliphatic rings. The average molecular weight is 286 g/mol. The van der Waals surface area contributed by atoms with Gasteiger partial charge in [-0.2, -0.15) is 0 Å². The van der Waals surface area contributed by atoms with Crippen LogP contribution < -0.4 is 10.6 Å². The summed E-state index contributed by atoms with van der Waals surface area (Å²) in [6.45, 7) is 4.50. The molecule has 1 aromatic carbocycles. The van der Waals surface area contributed by atoms with E-state index in [4.69, 9.17) is 0 Å². The van der Waals surface area contributed by atoms with Gasteiger partial charge in [-0.1, -0.05) is 12.1 Å². The van der Waals surface area contributed by atoms with Crippen molar-refractivity contribution in [1.29, 1.82) is 0 Å². The van der Waals surface area contributed by atoms with Gasteiger partial charge in [0.1, 0.15) is 0 Å². The van der Waals surface area contributed by atoms with Gasteiger partial charge in [-0.3, -0.25) is 4.79 Å². The molecule has 1 amide bonds. The van der Waals surface area contributed by atoms with Crippen LogP contribution in [0, 0.1) is 6.92 Å². The van der Waals surface area contributed by atoms with Gasteiger partial charge in [0.05, 0.1) is 6.54 Å². The van der Waals surface area contributed by atoms with E-state index in [0.717, 1.165) is 25.1 Å². The topological polar surface area (TPSA) is 41.1 Å². The molecule has 0 fully saturated rings. The smallest absolute Gasteiger partial charge is 0.251 e. The summed E-state index contributed by atoms with van der Waals surface area (Å²) in [5, 5.41) is 8.44. The molecule has 0 bridgehead atoms. The Kier molecular flexibility index (Phi) is 3.85. The van der Waals surface area contributed by atoms with Crippen molar-refractivity contribution in [3.8, 4) is 0 Å². The van der Waals surface area contributed by atoms with Crippen LogP contribution >= 0.6 is 11.3 Å². The highest BCUT2D eigenvalue weighted by Crippen LogP contribution is 2.19. The Hall–Kier alpha value is -1.65. The summed E-state index contributed by atoms with van der Waals surface area (Å²) < 4.78 is 0. The minimum Gasteiger partial charge on any atom is -0.347 e. The molecular weight excluding hydrogens is 268 g/mol. The van der Waals surface area contributed by atoms with Crippen molar-refractivity contribution in [2.24, 2.45) is 0 Å². The molecule has 20 heavy (non-hydrogen) atoms. The molecule has 1 aromatic heterocycles. The largest absolute Gasteiger partial charge is 0.347 e. The van der Waals surface area contributed by atoms with Gasteiger partial charge in [-0.25, -0.2) is 0 Å². The first-order valence-corrected chi connectivity index (χ1v) is 7.76. The van der Waals surface area contributed by atoms with Crippen molar-refractivity contribution in [2.75, 3.05) is 6.54 Å². The van der Waals surface area contributed by atoms with Crippen molar-refractivity contribution in [1.82, 2.24) is 10.6 Å². The maximum absolute atomic E-state index is 12.4. The molecule has 0 radical (unpaired) electrons. The lowest BCUT2D eigenvalue weighted by molar-refractivity contribution is 0.0950. The Balaban J connectivity index is 1.76. The predicted molar refractivity (Wildman–Crippen MR) is 82.1 cm³/mol. The third-order valence-electron chi connectivity index (χ3n) is 3.76. The fourth-order valence-electron chi connectivity index (χ4n) is 2.59. The first-order valence-electron chi connectivity index (χ1n) is 6.88. The van der Waals surface area contributed by atoms with Gasteiger partial charge in [0, 0.05) is 17.0 Å². The number of amides is 1. The summed E-state index contributed by atoms with van der Waals surface area (Å²) in [5.74, 6) is 0.0385. The summed E-state index contributed by atoms with van der Waals surface area (Å²) in [7, 11) is 0. The molecule has 0 saturated carbocycles. The second-order valence-corrected chi connectivity index (χ2v) is 6.08. The average Bonchev–Trinajstić information content (AvgIpc) is 2.89. The number of benzene rings is 1. The molecule has 3 rings (SSSR count). The Bertz CT molecular complexity index is 633. The second kappa shape index (κ2) is 5.77. The SMILES string of the molecule is Cc1ccsc1CNC(=O)c1cccc2c1CCNC2. The Labute approximate surface area is 123 Å². The van der Waals surface area contributed by atoms with Crippen molar-refractivity contribution >= 4 is 17.2 Å². The van der Waals surface area contributed by atoms with Crippen LogP contribution in [0.5, 0.6) is 0 Å². The first-order chi connectivity index (χ1) is 9.75. The molecule has 4 heteroatoms. The van der Waals surface area contributed by atoms with Crippen LogP contribution in [0.1, 0.15) is 31.9 Å². The lowest BCUT2D eigenvalue weighted by Gasteiger charge is -2.19. The fourth-order valence-corrected chi connectivity index (χ4v) is 3.43. The summed E-state index contributed by atoms with van der Waals surface area (Å²) >= 11 is 1.69. The molecule has 3 nitrogen and oxygen atoms in total. The quantitative estimate of drug-likeness (QED) is 0.910. The number of hydrogen-bond acceptors (Lipinski definition) is 3. The molecular formula is C16H18N2OS. The highest BCUT2D eigenvalue weighted by molar-refractivity contribution is 7.10. The minimum absolute atomic E-state index is 0.0385. The van der Waals surface area contributed by atoms with E-state index in [1.807, 2.05) is 12.1 Å². The molecule has 2 N–H and O–H groups in total. The van der Waals surface area contributed by atoms with E-state index in [1.165, 1.54) is 21.6 Å². The third kappa shape index (κ3) is 2.62. The summed E-state index contributed by atoms with van der Waals surface area (Å²) in [6, 6.07) is 8.09. The van der Waals surface area contributed by atoms with E-state index in [-0.39, 0.29) is 5.91 Å². The Morgan fingerprint density at radius 2 is 2.30 bits per heavy atom. The molecule has 0 saturated heterocycles. The van der Waals surface area contributed by atoms with Gasteiger partial charge in [0.25, 0.3) is 5.91 Å². The Morgan fingerprint density at radius 1 is 1.40 bits per heavy atom. The Morgan fingerprint density at radius 3 is 3.10 bits per heavy atom.